The first-order chi connectivity index (χ1) is 9.47. The van der Waals surface area contributed by atoms with Gasteiger partial charge in [0.15, 0.2) is 0 Å². The topological polar surface area (TPSA) is 35.2 Å². The molecular formula is C15H13ClFNOS. The summed E-state index contributed by atoms with van der Waals surface area (Å²) in [5, 5.41) is 0.666. The molecule has 0 aliphatic rings. The van der Waals surface area contributed by atoms with Crippen LogP contribution in [0.15, 0.2) is 36.4 Å². The Bertz CT molecular complexity index is 660. The van der Waals surface area contributed by atoms with Crippen LogP contribution in [0.2, 0.25) is 5.02 Å². The second-order valence-electron chi connectivity index (χ2n) is 4.37. The van der Waals surface area contributed by atoms with E-state index in [9.17, 15) is 4.39 Å². The molecule has 0 saturated carbocycles. The molecule has 5 heteroatoms. The molecule has 0 heterocycles. The van der Waals surface area contributed by atoms with E-state index in [1.807, 2.05) is 6.92 Å². The van der Waals surface area contributed by atoms with Crippen molar-refractivity contribution in [3.63, 3.8) is 0 Å². The molecule has 0 atom stereocenters. The molecule has 2 N–H and O–H groups in total. The van der Waals surface area contributed by atoms with Crippen LogP contribution >= 0.6 is 23.8 Å². The molecule has 0 saturated heterocycles. The summed E-state index contributed by atoms with van der Waals surface area (Å²) in [7, 11) is 0. The third-order valence-electron chi connectivity index (χ3n) is 2.85. The number of thiocarbonyl (C=S) groups is 1. The first kappa shape index (κ1) is 14.8. The standard InChI is InChI=1S/C15H13ClFNOS/c1-9-6-12(3-4-13(9)16)19-8-11-7-10(15(18)20)2-5-14(11)17/h2-7H,8H2,1H3,(H2,18,20). The van der Waals surface area contributed by atoms with Gasteiger partial charge < -0.3 is 10.5 Å². The summed E-state index contributed by atoms with van der Waals surface area (Å²) in [6.45, 7) is 1.98. The van der Waals surface area contributed by atoms with Gasteiger partial charge in [-0.25, -0.2) is 4.39 Å². The van der Waals surface area contributed by atoms with Gasteiger partial charge in [-0.05, 0) is 48.9 Å². The zero-order valence-corrected chi connectivity index (χ0v) is 12.4. The lowest BCUT2D eigenvalue weighted by Crippen LogP contribution is -2.10. The summed E-state index contributed by atoms with van der Waals surface area (Å²) < 4.78 is 19.3. The van der Waals surface area contributed by atoms with Crippen LogP contribution in [0, 0.1) is 12.7 Å². The summed E-state index contributed by atoms with van der Waals surface area (Å²) in [4.78, 5) is 0.230. The molecule has 2 nitrogen and oxygen atoms in total. The fraction of sp³-hybridized carbons (Fsp3) is 0.133. The number of ether oxygens (including phenoxy) is 1. The Labute approximate surface area is 127 Å². The van der Waals surface area contributed by atoms with Crippen molar-refractivity contribution >= 4 is 28.8 Å². The van der Waals surface area contributed by atoms with E-state index >= 15 is 0 Å². The summed E-state index contributed by atoms with van der Waals surface area (Å²) in [5.41, 5.74) is 7.46. The lowest BCUT2D eigenvalue weighted by Gasteiger charge is -2.10. The number of hydrogen-bond donors (Lipinski definition) is 1. The summed E-state index contributed by atoms with van der Waals surface area (Å²) >= 11 is 10.8. The highest BCUT2D eigenvalue weighted by Crippen LogP contribution is 2.22. The predicted octanol–water partition coefficient (Wildman–Crippen LogP) is 4.00. The highest BCUT2D eigenvalue weighted by atomic mass is 35.5. The Hall–Kier alpha value is -1.65. The van der Waals surface area contributed by atoms with Crippen molar-refractivity contribution in [2.24, 2.45) is 5.73 Å². The first-order valence-electron chi connectivity index (χ1n) is 5.94. The highest BCUT2D eigenvalue weighted by molar-refractivity contribution is 7.80. The minimum absolute atomic E-state index is 0.101. The van der Waals surface area contributed by atoms with Crippen LogP contribution in [-0.2, 0) is 6.61 Å². The quantitative estimate of drug-likeness (QED) is 0.867. The minimum Gasteiger partial charge on any atom is -0.489 e. The van der Waals surface area contributed by atoms with E-state index in [2.05, 4.69) is 0 Å². The van der Waals surface area contributed by atoms with Gasteiger partial charge >= 0.3 is 0 Å². The van der Waals surface area contributed by atoms with Crippen molar-refractivity contribution in [2.75, 3.05) is 0 Å². The first-order valence-corrected chi connectivity index (χ1v) is 6.73. The molecule has 0 spiro atoms. The molecule has 20 heavy (non-hydrogen) atoms. The summed E-state index contributed by atoms with van der Waals surface area (Å²) in [6.07, 6.45) is 0. The fourth-order valence-corrected chi connectivity index (χ4v) is 1.95. The van der Waals surface area contributed by atoms with Gasteiger partial charge in [0.05, 0.1) is 0 Å². The predicted molar refractivity (Wildman–Crippen MR) is 82.8 cm³/mol. The van der Waals surface area contributed by atoms with Gasteiger partial charge in [0.2, 0.25) is 0 Å². The van der Waals surface area contributed by atoms with Gasteiger partial charge in [0.25, 0.3) is 0 Å². The average molecular weight is 310 g/mol. The molecule has 0 fully saturated rings. The number of halogens is 2. The second-order valence-corrected chi connectivity index (χ2v) is 5.22. The Morgan fingerprint density at radius 2 is 2.05 bits per heavy atom. The van der Waals surface area contributed by atoms with E-state index in [0.717, 1.165) is 5.56 Å². The monoisotopic (exact) mass is 309 g/mol. The van der Waals surface area contributed by atoms with Crippen molar-refractivity contribution in [3.05, 3.63) is 63.9 Å². The Morgan fingerprint density at radius 3 is 2.70 bits per heavy atom. The number of aryl methyl sites for hydroxylation is 1. The van der Waals surface area contributed by atoms with Gasteiger partial charge in [-0.15, -0.1) is 0 Å². The van der Waals surface area contributed by atoms with E-state index < -0.39 is 0 Å². The Kier molecular flexibility index (Phi) is 4.57. The molecule has 0 aliphatic heterocycles. The molecular weight excluding hydrogens is 297 g/mol. The Balaban J connectivity index is 2.15. The SMILES string of the molecule is Cc1cc(OCc2cc(C(N)=S)ccc2F)ccc1Cl. The zero-order valence-electron chi connectivity index (χ0n) is 10.8. The molecule has 0 aliphatic carbocycles. The molecule has 0 aromatic heterocycles. The maximum absolute atomic E-state index is 13.7. The smallest absolute Gasteiger partial charge is 0.129 e. The third-order valence-corrected chi connectivity index (χ3v) is 3.51. The van der Waals surface area contributed by atoms with E-state index in [4.69, 9.17) is 34.3 Å². The minimum atomic E-state index is -0.351. The van der Waals surface area contributed by atoms with Crippen LogP contribution in [0.25, 0.3) is 0 Å². The van der Waals surface area contributed by atoms with Crippen LogP contribution in [-0.4, -0.2) is 4.99 Å². The van der Waals surface area contributed by atoms with Gasteiger partial charge in [-0.2, -0.15) is 0 Å². The average Bonchev–Trinajstić information content (AvgIpc) is 2.41. The van der Waals surface area contributed by atoms with Crippen LogP contribution in [0.5, 0.6) is 5.75 Å². The van der Waals surface area contributed by atoms with Crippen molar-refractivity contribution in [1.82, 2.24) is 0 Å². The number of benzene rings is 2. The second kappa shape index (κ2) is 6.20. The van der Waals surface area contributed by atoms with Gasteiger partial charge in [-0.3, -0.25) is 0 Å². The van der Waals surface area contributed by atoms with Crippen molar-refractivity contribution < 1.29 is 9.13 Å². The van der Waals surface area contributed by atoms with Crippen LogP contribution in [0.4, 0.5) is 4.39 Å². The molecule has 104 valence electrons. The maximum atomic E-state index is 13.7. The van der Waals surface area contributed by atoms with Gasteiger partial charge in [0, 0.05) is 16.1 Å². The molecule has 2 aromatic rings. The molecule has 0 bridgehead atoms. The highest BCUT2D eigenvalue weighted by Gasteiger charge is 2.07. The number of hydrogen-bond acceptors (Lipinski definition) is 2. The molecule has 0 radical (unpaired) electrons. The van der Waals surface area contributed by atoms with Gasteiger partial charge in [-0.1, -0.05) is 23.8 Å². The summed E-state index contributed by atoms with van der Waals surface area (Å²) in [6, 6.07) is 9.77. The Morgan fingerprint density at radius 1 is 1.30 bits per heavy atom. The van der Waals surface area contributed by atoms with Crippen LogP contribution < -0.4 is 10.5 Å². The lowest BCUT2D eigenvalue weighted by molar-refractivity contribution is 0.299. The largest absolute Gasteiger partial charge is 0.489 e. The van der Waals surface area contributed by atoms with E-state index in [1.54, 1.807) is 30.3 Å². The lowest BCUT2D eigenvalue weighted by atomic mass is 10.1. The fourth-order valence-electron chi connectivity index (χ4n) is 1.71. The molecule has 0 unspecified atom stereocenters. The normalized spacial score (nSPS) is 10.3. The molecule has 0 amide bonds. The number of nitrogens with two attached hydrogens (primary N) is 1. The molecule has 2 aromatic carbocycles. The third kappa shape index (κ3) is 3.46. The van der Waals surface area contributed by atoms with E-state index in [0.29, 0.717) is 21.9 Å². The van der Waals surface area contributed by atoms with Crippen LogP contribution in [0.1, 0.15) is 16.7 Å². The zero-order chi connectivity index (χ0) is 14.7. The van der Waals surface area contributed by atoms with E-state index in [1.165, 1.54) is 6.07 Å². The maximum Gasteiger partial charge on any atom is 0.129 e. The van der Waals surface area contributed by atoms with E-state index in [-0.39, 0.29) is 17.4 Å². The van der Waals surface area contributed by atoms with Gasteiger partial charge in [0.1, 0.15) is 23.2 Å². The number of rotatable bonds is 4. The summed E-state index contributed by atoms with van der Waals surface area (Å²) in [5.74, 6) is 0.280. The van der Waals surface area contributed by atoms with Crippen molar-refractivity contribution in [2.45, 2.75) is 13.5 Å². The van der Waals surface area contributed by atoms with Crippen molar-refractivity contribution in [1.29, 1.82) is 0 Å². The van der Waals surface area contributed by atoms with Crippen molar-refractivity contribution in [3.8, 4) is 5.75 Å². The molecule has 2 rings (SSSR count). The van der Waals surface area contributed by atoms with Crippen LogP contribution in [0.3, 0.4) is 0 Å².